The van der Waals surface area contributed by atoms with Gasteiger partial charge in [-0.1, -0.05) is 12.2 Å². The van der Waals surface area contributed by atoms with Crippen LogP contribution in [0, 0.1) is 0 Å². The van der Waals surface area contributed by atoms with Gasteiger partial charge in [0.15, 0.2) is 0 Å². The van der Waals surface area contributed by atoms with Gasteiger partial charge in [0, 0.05) is 0 Å². The Kier molecular flexibility index (Phi) is 5.38. The van der Waals surface area contributed by atoms with E-state index in [0.717, 1.165) is 0 Å². The van der Waals surface area contributed by atoms with Gasteiger partial charge in [-0.05, 0) is 41.5 Å². The highest BCUT2D eigenvalue weighted by Gasteiger charge is 2.08. The molecule has 0 fully saturated rings. The second-order valence-electron chi connectivity index (χ2n) is 5.32. The third kappa shape index (κ3) is 11.7. The van der Waals surface area contributed by atoms with Crippen LogP contribution in [0.2, 0.25) is 0 Å². The molecule has 0 aliphatic heterocycles. The molecule has 0 saturated carbocycles. The molecular formula is C12H24O2. The van der Waals surface area contributed by atoms with Crippen LogP contribution in [0.5, 0.6) is 0 Å². The maximum Gasteiger partial charge on any atom is 0.0655 e. The summed E-state index contributed by atoms with van der Waals surface area (Å²) in [5.41, 5.74) is -0.121. The molecule has 0 aliphatic carbocycles. The summed E-state index contributed by atoms with van der Waals surface area (Å²) >= 11 is 0. The molecule has 0 rings (SSSR count). The van der Waals surface area contributed by atoms with Crippen molar-refractivity contribution in [1.29, 1.82) is 0 Å². The fourth-order valence-electron chi connectivity index (χ4n) is 0.732. The molecule has 0 amide bonds. The van der Waals surface area contributed by atoms with Gasteiger partial charge in [-0.2, -0.15) is 0 Å². The topological polar surface area (TPSA) is 18.5 Å². The minimum Gasteiger partial charge on any atom is -0.372 e. The maximum atomic E-state index is 5.52. The first kappa shape index (κ1) is 13.7. The molecule has 0 atom stereocenters. The van der Waals surface area contributed by atoms with Gasteiger partial charge in [-0.15, -0.1) is 0 Å². The van der Waals surface area contributed by atoms with Crippen molar-refractivity contribution in [2.45, 2.75) is 52.7 Å². The molecule has 84 valence electrons. The van der Waals surface area contributed by atoms with E-state index >= 15 is 0 Å². The zero-order valence-corrected chi connectivity index (χ0v) is 10.4. The molecule has 0 aliphatic rings. The summed E-state index contributed by atoms with van der Waals surface area (Å²) in [4.78, 5) is 0. The van der Waals surface area contributed by atoms with Crippen LogP contribution in [0.3, 0.4) is 0 Å². The fraction of sp³-hybridized carbons (Fsp3) is 0.833. The summed E-state index contributed by atoms with van der Waals surface area (Å²) in [5, 5.41) is 0. The van der Waals surface area contributed by atoms with Crippen LogP contribution in [0.4, 0.5) is 0 Å². The third-order valence-electron chi connectivity index (χ3n) is 1.39. The van der Waals surface area contributed by atoms with Crippen molar-refractivity contribution >= 4 is 0 Å². The highest BCUT2D eigenvalue weighted by atomic mass is 16.5. The van der Waals surface area contributed by atoms with Gasteiger partial charge in [0.2, 0.25) is 0 Å². The number of hydrogen-bond acceptors (Lipinski definition) is 2. The highest BCUT2D eigenvalue weighted by Crippen LogP contribution is 2.07. The standard InChI is InChI=1S/C12H24O2/c1-11(2,3)13-9-7-8-10-14-12(4,5)6/h7-8H,9-10H2,1-6H3/b8-7-. The minimum atomic E-state index is -0.0603. The van der Waals surface area contributed by atoms with Crippen LogP contribution in [-0.2, 0) is 9.47 Å². The normalized spacial score (nSPS) is 13.9. The summed E-state index contributed by atoms with van der Waals surface area (Å²) in [5.74, 6) is 0. The molecule has 0 spiro atoms. The van der Waals surface area contributed by atoms with Gasteiger partial charge in [0.25, 0.3) is 0 Å². The Morgan fingerprint density at radius 3 is 1.21 bits per heavy atom. The first-order valence-corrected chi connectivity index (χ1v) is 5.14. The zero-order valence-electron chi connectivity index (χ0n) is 10.4. The van der Waals surface area contributed by atoms with E-state index in [1.54, 1.807) is 0 Å². The molecule has 0 saturated heterocycles. The average molecular weight is 200 g/mol. The SMILES string of the molecule is CC(C)(C)OC/C=C\COC(C)(C)C. The summed E-state index contributed by atoms with van der Waals surface area (Å²) in [6.07, 6.45) is 3.99. The van der Waals surface area contributed by atoms with Crippen LogP contribution in [0.1, 0.15) is 41.5 Å². The van der Waals surface area contributed by atoms with Crippen LogP contribution in [-0.4, -0.2) is 24.4 Å². The Balaban J connectivity index is 3.47. The second kappa shape index (κ2) is 5.52. The molecule has 0 heterocycles. The van der Waals surface area contributed by atoms with Gasteiger partial charge in [-0.25, -0.2) is 0 Å². The van der Waals surface area contributed by atoms with E-state index in [1.165, 1.54) is 0 Å². The second-order valence-corrected chi connectivity index (χ2v) is 5.32. The van der Waals surface area contributed by atoms with E-state index in [4.69, 9.17) is 9.47 Å². The largest absolute Gasteiger partial charge is 0.372 e. The predicted octanol–water partition coefficient (Wildman–Crippen LogP) is 3.17. The van der Waals surface area contributed by atoms with Crippen molar-refractivity contribution in [3.63, 3.8) is 0 Å². The Hall–Kier alpha value is -0.340. The van der Waals surface area contributed by atoms with Crippen molar-refractivity contribution in [2.24, 2.45) is 0 Å². The van der Waals surface area contributed by atoms with E-state index in [0.29, 0.717) is 13.2 Å². The molecule has 0 bridgehead atoms. The Morgan fingerprint density at radius 2 is 1.00 bits per heavy atom. The number of hydrogen-bond donors (Lipinski definition) is 0. The predicted molar refractivity (Wildman–Crippen MR) is 60.6 cm³/mol. The molecule has 2 nitrogen and oxygen atoms in total. The summed E-state index contributed by atoms with van der Waals surface area (Å²) < 4.78 is 11.0. The molecule has 14 heavy (non-hydrogen) atoms. The number of ether oxygens (including phenoxy) is 2. The molecule has 2 heteroatoms. The van der Waals surface area contributed by atoms with Crippen molar-refractivity contribution in [3.05, 3.63) is 12.2 Å². The van der Waals surface area contributed by atoms with Crippen LogP contribution >= 0.6 is 0 Å². The lowest BCUT2D eigenvalue weighted by atomic mass is 10.2. The fourth-order valence-corrected chi connectivity index (χ4v) is 0.732. The number of rotatable bonds is 4. The maximum absolute atomic E-state index is 5.52. The molecule has 0 radical (unpaired) electrons. The average Bonchev–Trinajstić information content (AvgIpc) is 1.92. The Bertz CT molecular complexity index is 150. The van der Waals surface area contributed by atoms with Gasteiger partial charge in [0.05, 0.1) is 24.4 Å². The van der Waals surface area contributed by atoms with Crippen LogP contribution < -0.4 is 0 Å². The van der Waals surface area contributed by atoms with E-state index < -0.39 is 0 Å². The third-order valence-corrected chi connectivity index (χ3v) is 1.39. The molecule has 0 aromatic heterocycles. The smallest absolute Gasteiger partial charge is 0.0655 e. The molecule has 0 N–H and O–H groups in total. The van der Waals surface area contributed by atoms with Crippen molar-refractivity contribution in [2.75, 3.05) is 13.2 Å². The van der Waals surface area contributed by atoms with E-state index in [9.17, 15) is 0 Å². The summed E-state index contributed by atoms with van der Waals surface area (Å²) in [7, 11) is 0. The lowest BCUT2D eigenvalue weighted by molar-refractivity contribution is 0.00911. The first-order chi connectivity index (χ1) is 6.21. The zero-order chi connectivity index (χ0) is 11.2. The highest BCUT2D eigenvalue weighted by molar-refractivity contribution is 4.83. The van der Waals surface area contributed by atoms with Crippen molar-refractivity contribution < 1.29 is 9.47 Å². The minimum absolute atomic E-state index is 0.0603. The van der Waals surface area contributed by atoms with Gasteiger partial charge >= 0.3 is 0 Å². The molecule has 0 unspecified atom stereocenters. The van der Waals surface area contributed by atoms with Crippen molar-refractivity contribution in [3.8, 4) is 0 Å². The van der Waals surface area contributed by atoms with Gasteiger partial charge < -0.3 is 9.47 Å². The van der Waals surface area contributed by atoms with Gasteiger partial charge in [-0.3, -0.25) is 0 Å². The molecule has 0 aromatic rings. The van der Waals surface area contributed by atoms with Gasteiger partial charge in [0.1, 0.15) is 0 Å². The summed E-state index contributed by atoms with van der Waals surface area (Å²) in [6, 6.07) is 0. The van der Waals surface area contributed by atoms with E-state index in [1.807, 2.05) is 53.7 Å². The quantitative estimate of drug-likeness (QED) is 0.649. The van der Waals surface area contributed by atoms with Crippen molar-refractivity contribution in [1.82, 2.24) is 0 Å². The molecular weight excluding hydrogens is 176 g/mol. The van der Waals surface area contributed by atoms with Crippen LogP contribution in [0.25, 0.3) is 0 Å². The Morgan fingerprint density at radius 1 is 0.714 bits per heavy atom. The Labute approximate surface area is 88.3 Å². The molecule has 0 aromatic carbocycles. The van der Waals surface area contributed by atoms with E-state index in [2.05, 4.69) is 0 Å². The lowest BCUT2D eigenvalue weighted by Gasteiger charge is -2.19. The first-order valence-electron chi connectivity index (χ1n) is 5.14. The summed E-state index contributed by atoms with van der Waals surface area (Å²) in [6.45, 7) is 13.6. The van der Waals surface area contributed by atoms with Crippen LogP contribution in [0.15, 0.2) is 12.2 Å². The van der Waals surface area contributed by atoms with E-state index in [-0.39, 0.29) is 11.2 Å². The monoisotopic (exact) mass is 200 g/mol. The lowest BCUT2D eigenvalue weighted by Crippen LogP contribution is -2.20.